The summed E-state index contributed by atoms with van der Waals surface area (Å²) < 4.78 is 10.8. The number of hydrogen-bond donors (Lipinski definition) is 2. The van der Waals surface area contributed by atoms with Gasteiger partial charge in [-0.05, 0) is 43.0 Å². The molecule has 0 saturated heterocycles. The fraction of sp³-hybridized carbons (Fsp3) is 0.350. The van der Waals surface area contributed by atoms with Gasteiger partial charge >= 0.3 is 5.97 Å². The van der Waals surface area contributed by atoms with Gasteiger partial charge in [-0.2, -0.15) is 0 Å². The van der Waals surface area contributed by atoms with Crippen molar-refractivity contribution < 1.29 is 19.1 Å². The summed E-state index contributed by atoms with van der Waals surface area (Å²) in [4.78, 5) is 39.4. The zero-order valence-electron chi connectivity index (χ0n) is 17.0. The van der Waals surface area contributed by atoms with E-state index in [4.69, 9.17) is 21.1 Å². The first-order valence-electron chi connectivity index (χ1n) is 9.33. The summed E-state index contributed by atoms with van der Waals surface area (Å²) in [6.45, 7) is 6.99. The van der Waals surface area contributed by atoms with E-state index in [1.165, 1.54) is 19.6 Å². The predicted octanol–water partition coefficient (Wildman–Crippen LogP) is 3.39. The van der Waals surface area contributed by atoms with Crippen LogP contribution in [0, 0.1) is 6.92 Å². The number of aromatic nitrogens is 4. The van der Waals surface area contributed by atoms with Crippen LogP contribution in [-0.2, 0) is 14.3 Å². The number of imidazole rings is 1. The summed E-state index contributed by atoms with van der Waals surface area (Å²) in [6, 6.07) is 3.61. The molecule has 0 saturated carbocycles. The molecule has 9 nitrogen and oxygen atoms in total. The Hall–Kier alpha value is -3.20. The lowest BCUT2D eigenvalue weighted by atomic mass is 10.0. The topological polar surface area (TPSA) is 119 Å². The molecule has 3 aromatic rings. The second-order valence-electron chi connectivity index (χ2n) is 7.03. The molecule has 3 rings (SSSR count). The van der Waals surface area contributed by atoms with Crippen LogP contribution < -0.4 is 10.1 Å². The number of fused-ring (bicyclic) bond motifs is 1. The summed E-state index contributed by atoms with van der Waals surface area (Å²) in [7, 11) is 0. The predicted molar refractivity (Wildman–Crippen MR) is 112 cm³/mol. The third-order valence-electron chi connectivity index (χ3n) is 4.40. The van der Waals surface area contributed by atoms with Crippen LogP contribution in [0.25, 0.3) is 11.2 Å². The van der Waals surface area contributed by atoms with Gasteiger partial charge < -0.3 is 19.8 Å². The Morgan fingerprint density at radius 2 is 1.97 bits per heavy atom. The van der Waals surface area contributed by atoms with Crippen LogP contribution >= 0.6 is 11.6 Å². The lowest BCUT2D eigenvalue weighted by molar-refractivity contribution is -0.155. The van der Waals surface area contributed by atoms with Gasteiger partial charge in [0, 0.05) is 5.02 Å². The van der Waals surface area contributed by atoms with Gasteiger partial charge in [0.1, 0.15) is 17.6 Å². The molecule has 1 atom stereocenters. The summed E-state index contributed by atoms with van der Waals surface area (Å²) in [6.07, 6.45) is 1.68. The molecule has 158 valence electrons. The second kappa shape index (κ2) is 9.08. The molecule has 0 radical (unpaired) electrons. The highest BCUT2D eigenvalue weighted by molar-refractivity contribution is 6.31. The minimum Gasteiger partial charge on any atom is -0.482 e. The number of carbonyl (C=O) groups is 2. The van der Waals surface area contributed by atoms with E-state index in [0.717, 1.165) is 11.1 Å². The Kier molecular flexibility index (Phi) is 6.51. The Morgan fingerprint density at radius 3 is 2.70 bits per heavy atom. The normalized spacial score (nSPS) is 12.1. The van der Waals surface area contributed by atoms with Crippen LogP contribution in [0.15, 0.2) is 24.8 Å². The molecule has 2 aromatic heterocycles. The average molecular weight is 432 g/mol. The van der Waals surface area contributed by atoms with E-state index in [2.05, 4.69) is 25.3 Å². The van der Waals surface area contributed by atoms with Crippen molar-refractivity contribution in [3.63, 3.8) is 0 Å². The van der Waals surface area contributed by atoms with Crippen molar-refractivity contribution in [2.75, 3.05) is 11.9 Å². The third-order valence-corrected chi connectivity index (χ3v) is 4.81. The zero-order valence-corrected chi connectivity index (χ0v) is 17.8. The lowest BCUT2D eigenvalue weighted by Crippen LogP contribution is -2.32. The maximum absolute atomic E-state index is 12.4. The molecular weight excluding hydrogens is 410 g/mol. The van der Waals surface area contributed by atoms with E-state index in [9.17, 15) is 9.59 Å². The van der Waals surface area contributed by atoms with Crippen LogP contribution in [0.3, 0.4) is 0 Å². The molecule has 0 spiro atoms. The molecule has 30 heavy (non-hydrogen) atoms. The van der Waals surface area contributed by atoms with Gasteiger partial charge in [0.2, 0.25) is 0 Å². The molecule has 0 aliphatic carbocycles. The second-order valence-corrected chi connectivity index (χ2v) is 7.43. The molecule has 0 fully saturated rings. The number of halogens is 1. The van der Waals surface area contributed by atoms with Gasteiger partial charge in [-0.15, -0.1) is 0 Å². The van der Waals surface area contributed by atoms with E-state index in [1.54, 1.807) is 6.07 Å². The van der Waals surface area contributed by atoms with E-state index in [0.29, 0.717) is 21.9 Å². The van der Waals surface area contributed by atoms with Gasteiger partial charge in [0.05, 0.1) is 6.33 Å². The van der Waals surface area contributed by atoms with E-state index >= 15 is 0 Å². The summed E-state index contributed by atoms with van der Waals surface area (Å²) in [5, 5.41) is 3.23. The number of H-pyrrole nitrogens is 1. The highest BCUT2D eigenvalue weighted by atomic mass is 35.5. The lowest BCUT2D eigenvalue weighted by Gasteiger charge is -2.17. The van der Waals surface area contributed by atoms with Crippen molar-refractivity contribution in [3.05, 3.63) is 40.9 Å². The molecule has 2 N–H and O–H groups in total. The highest BCUT2D eigenvalue weighted by Crippen LogP contribution is 2.32. The molecule has 0 bridgehead atoms. The Balaban J connectivity index is 1.59. The summed E-state index contributed by atoms with van der Waals surface area (Å²) >= 11 is 6.19. The molecule has 1 unspecified atom stereocenters. The smallest absolute Gasteiger partial charge is 0.344 e. The number of aromatic amines is 1. The van der Waals surface area contributed by atoms with E-state index in [-0.39, 0.29) is 18.3 Å². The Morgan fingerprint density at radius 1 is 1.20 bits per heavy atom. The van der Waals surface area contributed by atoms with Gasteiger partial charge in [-0.3, -0.25) is 4.79 Å². The summed E-state index contributed by atoms with van der Waals surface area (Å²) in [5.41, 5.74) is 2.62. The fourth-order valence-electron chi connectivity index (χ4n) is 2.75. The first kappa shape index (κ1) is 21.5. The molecule has 0 aliphatic rings. The first-order valence-corrected chi connectivity index (χ1v) is 9.71. The fourth-order valence-corrected chi connectivity index (χ4v) is 2.92. The summed E-state index contributed by atoms with van der Waals surface area (Å²) in [5.74, 6) is -0.244. The number of hydrogen-bond acceptors (Lipinski definition) is 7. The van der Waals surface area contributed by atoms with E-state index < -0.39 is 18.0 Å². The molecule has 10 heteroatoms. The van der Waals surface area contributed by atoms with Crippen LogP contribution in [0.2, 0.25) is 5.02 Å². The number of aryl methyl sites for hydroxylation is 1. The molecule has 0 aliphatic heterocycles. The number of nitrogens with zero attached hydrogens (tertiary/aromatic N) is 3. The molecule has 1 amide bonds. The van der Waals surface area contributed by atoms with Crippen LogP contribution in [0.5, 0.6) is 5.75 Å². The highest BCUT2D eigenvalue weighted by Gasteiger charge is 2.21. The van der Waals surface area contributed by atoms with Crippen molar-refractivity contribution in [3.8, 4) is 5.75 Å². The molecular formula is C20H22ClN5O4. The van der Waals surface area contributed by atoms with Gasteiger partial charge in [0.15, 0.2) is 24.2 Å². The van der Waals surface area contributed by atoms with E-state index in [1.807, 2.05) is 26.8 Å². The average Bonchev–Trinajstić information content (AvgIpc) is 3.18. The maximum atomic E-state index is 12.4. The van der Waals surface area contributed by atoms with Crippen molar-refractivity contribution in [1.29, 1.82) is 0 Å². The molecule has 1 aromatic carbocycles. The number of rotatable bonds is 7. The monoisotopic (exact) mass is 431 g/mol. The van der Waals surface area contributed by atoms with Gasteiger partial charge in [-0.1, -0.05) is 25.4 Å². The third kappa shape index (κ3) is 4.85. The minimum absolute atomic E-state index is 0.158. The number of amides is 1. The Labute approximate surface area is 178 Å². The number of nitrogens with one attached hydrogen (secondary N) is 2. The quantitative estimate of drug-likeness (QED) is 0.550. The van der Waals surface area contributed by atoms with Crippen molar-refractivity contribution in [2.24, 2.45) is 0 Å². The van der Waals surface area contributed by atoms with Gasteiger partial charge in [-0.25, -0.2) is 19.7 Å². The first-order chi connectivity index (χ1) is 14.3. The van der Waals surface area contributed by atoms with Crippen molar-refractivity contribution in [2.45, 2.75) is 39.7 Å². The number of benzene rings is 1. The Bertz CT molecular complexity index is 1080. The number of carbonyl (C=O) groups excluding carboxylic acids is 2. The van der Waals surface area contributed by atoms with Gasteiger partial charge in [0.25, 0.3) is 5.91 Å². The number of ether oxygens (including phenoxy) is 2. The zero-order chi connectivity index (χ0) is 21.8. The molecule has 2 heterocycles. The van der Waals surface area contributed by atoms with Crippen molar-refractivity contribution in [1.82, 2.24) is 19.9 Å². The standard InChI is InChI=1S/C20H22ClN5O4/c1-10(2)13-6-14(21)11(3)5-15(13)29-7-16(27)30-12(4)20(28)26-19-17-18(23-8-22-17)24-9-25-19/h5-6,8-10,12H,7H2,1-4H3,(H2,22,23,24,25,26,28). The van der Waals surface area contributed by atoms with Crippen LogP contribution in [-0.4, -0.2) is 44.5 Å². The minimum atomic E-state index is -1.05. The van der Waals surface area contributed by atoms with Crippen molar-refractivity contribution >= 4 is 40.5 Å². The SMILES string of the molecule is Cc1cc(OCC(=O)OC(C)C(=O)Nc2ncnc3nc[nH]c23)c(C(C)C)cc1Cl. The number of esters is 1. The number of anilines is 1. The largest absolute Gasteiger partial charge is 0.482 e. The van der Waals surface area contributed by atoms with Crippen LogP contribution in [0.4, 0.5) is 5.82 Å². The maximum Gasteiger partial charge on any atom is 0.344 e. The van der Waals surface area contributed by atoms with Crippen LogP contribution in [0.1, 0.15) is 37.8 Å².